The fourth-order valence-corrected chi connectivity index (χ4v) is 1.32. The van der Waals surface area contributed by atoms with Crippen LogP contribution in [0.25, 0.3) is 0 Å². The molecule has 0 fully saturated rings. The Kier molecular flexibility index (Phi) is 6.39. The van der Waals surface area contributed by atoms with Crippen LogP contribution in [0.4, 0.5) is 0 Å². The van der Waals surface area contributed by atoms with Gasteiger partial charge in [-0.3, -0.25) is 4.68 Å². The van der Waals surface area contributed by atoms with Gasteiger partial charge in [0.1, 0.15) is 0 Å². The van der Waals surface area contributed by atoms with E-state index in [2.05, 4.69) is 15.4 Å². The summed E-state index contributed by atoms with van der Waals surface area (Å²) in [6.45, 7) is 6.57. The van der Waals surface area contributed by atoms with Crippen LogP contribution < -0.4 is 11.1 Å². The summed E-state index contributed by atoms with van der Waals surface area (Å²) in [7, 11) is 1.91. The smallest absolute Gasteiger partial charge is 0.189 e. The Balaban J connectivity index is 0.00000225. The number of rotatable bonds is 3. The Hall–Kier alpha value is -0.790. The number of aryl methyl sites for hydroxylation is 2. The lowest BCUT2D eigenvalue weighted by Crippen LogP contribution is -2.36. The van der Waals surface area contributed by atoms with Crippen molar-refractivity contribution in [3.8, 4) is 0 Å². The van der Waals surface area contributed by atoms with Crippen LogP contribution in [0.2, 0.25) is 0 Å². The van der Waals surface area contributed by atoms with Crippen LogP contribution in [-0.4, -0.2) is 21.8 Å². The third-order valence-electron chi connectivity index (χ3n) is 1.95. The molecule has 0 unspecified atom stereocenters. The lowest BCUT2D eigenvalue weighted by molar-refractivity contribution is 0.696. The van der Waals surface area contributed by atoms with Gasteiger partial charge < -0.3 is 11.1 Å². The summed E-state index contributed by atoms with van der Waals surface area (Å²) in [5, 5.41) is 7.27. The molecule has 1 aromatic rings. The van der Waals surface area contributed by atoms with Crippen LogP contribution in [0.15, 0.2) is 11.1 Å². The first kappa shape index (κ1) is 15.2. The molecule has 0 radical (unpaired) electrons. The second kappa shape index (κ2) is 6.72. The second-order valence-corrected chi connectivity index (χ2v) is 3.90. The van der Waals surface area contributed by atoms with Gasteiger partial charge in [0.15, 0.2) is 5.96 Å². The summed E-state index contributed by atoms with van der Waals surface area (Å²) in [5.74, 6) is 0.476. The van der Waals surface area contributed by atoms with Gasteiger partial charge >= 0.3 is 0 Å². The average Bonchev–Trinajstić information content (AvgIpc) is 2.40. The van der Waals surface area contributed by atoms with Crippen LogP contribution in [0, 0.1) is 6.92 Å². The van der Waals surface area contributed by atoms with E-state index in [-0.39, 0.29) is 24.0 Å². The van der Waals surface area contributed by atoms with Gasteiger partial charge in [-0.2, -0.15) is 5.10 Å². The molecule has 0 aliphatic carbocycles. The number of aromatic nitrogens is 2. The zero-order chi connectivity index (χ0) is 11.4. The largest absolute Gasteiger partial charge is 0.370 e. The van der Waals surface area contributed by atoms with Gasteiger partial charge in [-0.05, 0) is 26.8 Å². The molecule has 0 spiro atoms. The van der Waals surface area contributed by atoms with Crippen molar-refractivity contribution < 1.29 is 0 Å². The van der Waals surface area contributed by atoms with E-state index >= 15 is 0 Å². The molecular formula is C10H20IN5. The zero-order valence-corrected chi connectivity index (χ0v) is 12.5. The highest BCUT2D eigenvalue weighted by molar-refractivity contribution is 14.0. The Labute approximate surface area is 114 Å². The number of nitrogens with one attached hydrogen (secondary N) is 1. The molecule has 1 aromatic heterocycles. The van der Waals surface area contributed by atoms with Crippen molar-refractivity contribution in [1.82, 2.24) is 15.1 Å². The minimum absolute atomic E-state index is 0. The lowest BCUT2D eigenvalue weighted by atomic mass is 10.4. The van der Waals surface area contributed by atoms with Crippen molar-refractivity contribution >= 4 is 29.9 Å². The van der Waals surface area contributed by atoms with Gasteiger partial charge in [-0.25, -0.2) is 4.99 Å². The van der Waals surface area contributed by atoms with Crippen molar-refractivity contribution in [3.63, 3.8) is 0 Å². The van der Waals surface area contributed by atoms with Crippen LogP contribution in [0.3, 0.4) is 0 Å². The second-order valence-electron chi connectivity index (χ2n) is 3.90. The van der Waals surface area contributed by atoms with Crippen LogP contribution in [0.1, 0.15) is 25.2 Å². The average molecular weight is 337 g/mol. The van der Waals surface area contributed by atoms with E-state index in [1.807, 2.05) is 38.6 Å². The summed E-state index contributed by atoms with van der Waals surface area (Å²) < 4.78 is 1.82. The molecule has 0 atom stereocenters. The summed E-state index contributed by atoms with van der Waals surface area (Å²) in [6.07, 6.45) is 0. The maximum absolute atomic E-state index is 5.69. The molecule has 0 aliphatic heterocycles. The maximum atomic E-state index is 5.69. The summed E-state index contributed by atoms with van der Waals surface area (Å²) in [4.78, 5) is 4.23. The van der Waals surface area contributed by atoms with E-state index in [1.165, 1.54) is 0 Å². The SMILES string of the molecule is Cc1cc(CN=C(N)NC(C)C)n(C)n1.I. The quantitative estimate of drug-likeness (QED) is 0.494. The monoisotopic (exact) mass is 337 g/mol. The Morgan fingerprint density at radius 2 is 2.25 bits per heavy atom. The topological polar surface area (TPSA) is 68.2 Å². The van der Waals surface area contributed by atoms with Gasteiger partial charge in [-0.1, -0.05) is 0 Å². The third kappa shape index (κ3) is 4.82. The third-order valence-corrected chi connectivity index (χ3v) is 1.95. The Bertz CT molecular complexity index is 356. The summed E-state index contributed by atoms with van der Waals surface area (Å²) in [6, 6.07) is 2.31. The number of aliphatic imine (C=N–C) groups is 1. The molecule has 0 bridgehead atoms. The number of nitrogens with zero attached hydrogens (tertiary/aromatic N) is 3. The number of nitrogens with two attached hydrogens (primary N) is 1. The van der Waals surface area contributed by atoms with Crippen molar-refractivity contribution in [2.75, 3.05) is 0 Å². The molecule has 0 aliphatic rings. The van der Waals surface area contributed by atoms with Gasteiger partial charge in [-0.15, -0.1) is 24.0 Å². The minimum atomic E-state index is 0. The van der Waals surface area contributed by atoms with Crippen LogP contribution in [-0.2, 0) is 13.6 Å². The molecule has 0 amide bonds. The highest BCUT2D eigenvalue weighted by atomic mass is 127. The molecular weight excluding hydrogens is 317 g/mol. The molecule has 6 heteroatoms. The first-order valence-corrected chi connectivity index (χ1v) is 5.05. The predicted octanol–water partition coefficient (Wildman–Crippen LogP) is 1.16. The fraction of sp³-hybridized carbons (Fsp3) is 0.600. The molecule has 5 nitrogen and oxygen atoms in total. The van der Waals surface area contributed by atoms with E-state index < -0.39 is 0 Å². The van der Waals surface area contributed by atoms with E-state index in [0.717, 1.165) is 11.4 Å². The standard InChI is InChI=1S/C10H19N5.HI/c1-7(2)13-10(11)12-6-9-5-8(3)14-15(9)4;/h5,7H,6H2,1-4H3,(H3,11,12,13);1H. The van der Waals surface area contributed by atoms with Crippen LogP contribution in [0.5, 0.6) is 0 Å². The fourth-order valence-electron chi connectivity index (χ4n) is 1.32. The van der Waals surface area contributed by atoms with Crippen molar-refractivity contribution in [1.29, 1.82) is 0 Å². The van der Waals surface area contributed by atoms with E-state index in [4.69, 9.17) is 5.73 Å². The minimum Gasteiger partial charge on any atom is -0.370 e. The summed E-state index contributed by atoms with van der Waals surface area (Å²) >= 11 is 0. The molecule has 92 valence electrons. The van der Waals surface area contributed by atoms with Crippen molar-refractivity contribution in [2.45, 2.75) is 33.4 Å². The van der Waals surface area contributed by atoms with Gasteiger partial charge in [0.05, 0.1) is 17.9 Å². The summed E-state index contributed by atoms with van der Waals surface area (Å²) in [5.41, 5.74) is 7.74. The predicted molar refractivity (Wildman–Crippen MR) is 77.0 cm³/mol. The normalized spacial score (nSPS) is 11.4. The van der Waals surface area contributed by atoms with Gasteiger partial charge in [0, 0.05) is 13.1 Å². The van der Waals surface area contributed by atoms with E-state index in [1.54, 1.807) is 0 Å². The van der Waals surface area contributed by atoms with Gasteiger partial charge in [0.2, 0.25) is 0 Å². The number of hydrogen-bond donors (Lipinski definition) is 2. The molecule has 1 heterocycles. The van der Waals surface area contributed by atoms with Gasteiger partial charge in [0.25, 0.3) is 0 Å². The first-order valence-electron chi connectivity index (χ1n) is 5.05. The van der Waals surface area contributed by atoms with E-state index in [0.29, 0.717) is 18.5 Å². The highest BCUT2D eigenvalue weighted by Crippen LogP contribution is 2.02. The number of guanidine groups is 1. The number of hydrogen-bond acceptors (Lipinski definition) is 2. The molecule has 1 rings (SSSR count). The van der Waals surface area contributed by atoms with Crippen LogP contribution >= 0.6 is 24.0 Å². The molecule has 0 saturated heterocycles. The number of halogens is 1. The lowest BCUT2D eigenvalue weighted by Gasteiger charge is -2.08. The highest BCUT2D eigenvalue weighted by Gasteiger charge is 2.01. The Morgan fingerprint density at radius 1 is 1.62 bits per heavy atom. The van der Waals surface area contributed by atoms with E-state index in [9.17, 15) is 0 Å². The molecule has 0 aromatic carbocycles. The molecule has 3 N–H and O–H groups in total. The van der Waals surface area contributed by atoms with Crippen molar-refractivity contribution in [2.24, 2.45) is 17.8 Å². The zero-order valence-electron chi connectivity index (χ0n) is 10.2. The molecule has 0 saturated carbocycles. The van der Waals surface area contributed by atoms with Crippen molar-refractivity contribution in [3.05, 3.63) is 17.5 Å². The first-order chi connectivity index (χ1) is 6.99. The molecule has 16 heavy (non-hydrogen) atoms. The maximum Gasteiger partial charge on any atom is 0.189 e. The Morgan fingerprint density at radius 3 is 2.69 bits per heavy atom.